The third kappa shape index (κ3) is 5.34. The highest BCUT2D eigenvalue weighted by molar-refractivity contribution is 7.84. The lowest BCUT2D eigenvalue weighted by atomic mass is 9.85. The van der Waals surface area contributed by atoms with E-state index in [9.17, 15) is 9.00 Å². The smallest absolute Gasteiger partial charge is 0.235 e. The number of amides is 1. The lowest BCUT2D eigenvalue weighted by Crippen LogP contribution is -2.28. The Morgan fingerprint density at radius 2 is 1.83 bits per heavy atom. The summed E-state index contributed by atoms with van der Waals surface area (Å²) in [6, 6.07) is 16.1. The van der Waals surface area contributed by atoms with E-state index in [1.54, 1.807) is 7.11 Å². The van der Waals surface area contributed by atoms with E-state index in [0.717, 1.165) is 29.7 Å². The van der Waals surface area contributed by atoms with Crippen LogP contribution in [0.1, 0.15) is 50.3 Å². The highest BCUT2D eigenvalue weighted by Gasteiger charge is 2.51. The van der Waals surface area contributed by atoms with Gasteiger partial charge in [-0.15, -0.1) is 0 Å². The molecule has 0 heterocycles. The molecule has 1 atom stereocenters. The van der Waals surface area contributed by atoms with Crippen molar-refractivity contribution in [3.63, 3.8) is 0 Å². The fourth-order valence-corrected chi connectivity index (χ4v) is 4.53. The molecule has 1 amide bonds. The van der Waals surface area contributed by atoms with Crippen LogP contribution < -0.4 is 5.32 Å². The minimum absolute atomic E-state index is 0.0404. The van der Waals surface area contributed by atoms with Gasteiger partial charge in [0.1, 0.15) is 0 Å². The highest BCUT2D eigenvalue weighted by Crippen LogP contribution is 2.49. The zero-order valence-corrected chi connectivity index (χ0v) is 18.6. The summed E-state index contributed by atoms with van der Waals surface area (Å²) in [5.41, 5.74) is 3.74. The molecular formula is C24H31NO3S. The van der Waals surface area contributed by atoms with E-state index >= 15 is 0 Å². The zero-order valence-electron chi connectivity index (χ0n) is 17.8. The first-order valence-corrected chi connectivity index (χ1v) is 11.6. The lowest BCUT2D eigenvalue weighted by Gasteiger charge is -2.21. The molecule has 1 N–H and O–H groups in total. The molecule has 5 heteroatoms. The molecule has 0 bridgehead atoms. The number of nitrogens with one attached hydrogen (secondary N) is 1. The second-order valence-electron chi connectivity index (χ2n) is 8.85. The van der Waals surface area contributed by atoms with Crippen LogP contribution in [-0.2, 0) is 36.9 Å². The van der Waals surface area contributed by atoms with E-state index in [4.69, 9.17) is 4.74 Å². The van der Waals surface area contributed by atoms with Gasteiger partial charge in [-0.2, -0.15) is 0 Å². The first kappa shape index (κ1) is 21.7. The quantitative estimate of drug-likeness (QED) is 0.691. The molecule has 1 aliphatic rings. The summed E-state index contributed by atoms with van der Waals surface area (Å²) in [4.78, 5) is 13.1. The first-order chi connectivity index (χ1) is 13.7. The van der Waals surface area contributed by atoms with Gasteiger partial charge in [0, 0.05) is 35.1 Å². The molecule has 0 aromatic heterocycles. The van der Waals surface area contributed by atoms with Gasteiger partial charge in [0.2, 0.25) is 5.91 Å². The van der Waals surface area contributed by atoms with Crippen molar-refractivity contribution >= 4 is 22.4 Å². The number of carbonyl (C=O) groups excluding carboxylic acids is 1. The van der Waals surface area contributed by atoms with E-state index in [1.807, 2.05) is 24.3 Å². The molecule has 0 aliphatic heterocycles. The first-order valence-electron chi connectivity index (χ1n) is 10.1. The number of ether oxygens (including phenoxy) is 1. The molecule has 0 radical (unpaired) electrons. The molecule has 156 valence electrons. The second kappa shape index (κ2) is 8.80. The lowest BCUT2D eigenvalue weighted by molar-refractivity contribution is -0.118. The third-order valence-electron chi connectivity index (χ3n) is 5.52. The van der Waals surface area contributed by atoms with Gasteiger partial charge in [-0.05, 0) is 47.1 Å². The van der Waals surface area contributed by atoms with Gasteiger partial charge >= 0.3 is 0 Å². The molecule has 2 aromatic carbocycles. The maximum atomic E-state index is 13.1. The average molecular weight is 414 g/mol. The number of benzene rings is 2. The Morgan fingerprint density at radius 3 is 2.41 bits per heavy atom. The highest BCUT2D eigenvalue weighted by atomic mass is 32.2. The molecule has 29 heavy (non-hydrogen) atoms. The van der Waals surface area contributed by atoms with Crippen molar-refractivity contribution in [1.82, 2.24) is 0 Å². The van der Waals surface area contributed by atoms with Crippen molar-refractivity contribution in [2.45, 2.75) is 50.2 Å². The number of carbonyl (C=O) groups is 1. The largest absolute Gasteiger partial charge is 0.384 e. The Balaban J connectivity index is 1.68. The standard InChI is InChI=1S/C24H31NO3S/c1-23(2,3)19-8-10-20(11-9-19)24(12-13-24)22(26)25-21-7-5-6-18(16-21)17-29(27)15-14-28-4/h5-11,16H,12-15,17H2,1-4H3,(H,25,26). The second-order valence-corrected chi connectivity index (χ2v) is 10.4. The van der Waals surface area contributed by atoms with Crippen LogP contribution in [0.3, 0.4) is 0 Å². The van der Waals surface area contributed by atoms with Crippen LogP contribution in [0.15, 0.2) is 48.5 Å². The van der Waals surface area contributed by atoms with Gasteiger partial charge in [0.25, 0.3) is 0 Å². The average Bonchev–Trinajstić information content (AvgIpc) is 3.48. The Hall–Kier alpha value is -1.98. The Morgan fingerprint density at radius 1 is 1.14 bits per heavy atom. The van der Waals surface area contributed by atoms with E-state index in [1.165, 1.54) is 5.56 Å². The molecule has 3 rings (SSSR count). The van der Waals surface area contributed by atoms with Crippen molar-refractivity contribution in [3.8, 4) is 0 Å². The van der Waals surface area contributed by atoms with E-state index in [0.29, 0.717) is 18.1 Å². The normalized spacial score (nSPS) is 16.3. The van der Waals surface area contributed by atoms with Crippen LogP contribution >= 0.6 is 0 Å². The topological polar surface area (TPSA) is 55.4 Å². The molecule has 1 aliphatic carbocycles. The Labute approximate surface area is 176 Å². The minimum atomic E-state index is -0.974. The third-order valence-corrected chi connectivity index (χ3v) is 6.79. The van der Waals surface area contributed by atoms with Gasteiger partial charge in [-0.3, -0.25) is 9.00 Å². The summed E-state index contributed by atoms with van der Waals surface area (Å²) in [5.74, 6) is 1.02. The maximum absolute atomic E-state index is 13.1. The fourth-order valence-electron chi connectivity index (χ4n) is 3.49. The summed E-state index contributed by atoms with van der Waals surface area (Å²) in [6.07, 6.45) is 1.74. The maximum Gasteiger partial charge on any atom is 0.235 e. The number of hydrogen-bond donors (Lipinski definition) is 1. The summed E-state index contributed by atoms with van der Waals surface area (Å²) in [7, 11) is 0.635. The van der Waals surface area contributed by atoms with E-state index < -0.39 is 16.2 Å². The predicted molar refractivity (Wildman–Crippen MR) is 120 cm³/mol. The van der Waals surface area contributed by atoms with Gasteiger partial charge in [0.05, 0.1) is 12.0 Å². The minimum Gasteiger partial charge on any atom is -0.384 e. The number of anilines is 1. The van der Waals surface area contributed by atoms with Crippen LogP contribution in [0.25, 0.3) is 0 Å². The van der Waals surface area contributed by atoms with Gasteiger partial charge in [0.15, 0.2) is 0 Å². The molecule has 2 aromatic rings. The molecule has 4 nitrogen and oxygen atoms in total. The van der Waals surface area contributed by atoms with Gasteiger partial charge < -0.3 is 10.1 Å². The number of methoxy groups -OCH3 is 1. The van der Waals surface area contributed by atoms with Crippen LogP contribution in [0, 0.1) is 0 Å². The predicted octanol–water partition coefficient (Wildman–Crippen LogP) is 4.55. The molecule has 0 saturated heterocycles. The van der Waals surface area contributed by atoms with E-state index in [2.05, 4.69) is 50.4 Å². The number of rotatable bonds is 8. The number of hydrogen-bond acceptors (Lipinski definition) is 3. The van der Waals surface area contributed by atoms with Crippen LogP contribution in [0.4, 0.5) is 5.69 Å². The van der Waals surface area contributed by atoms with Crippen LogP contribution in [-0.4, -0.2) is 29.6 Å². The van der Waals surface area contributed by atoms with Crippen LogP contribution in [0.2, 0.25) is 0 Å². The van der Waals surface area contributed by atoms with Crippen LogP contribution in [0.5, 0.6) is 0 Å². The molecule has 1 fully saturated rings. The van der Waals surface area contributed by atoms with Crippen molar-refractivity contribution < 1.29 is 13.7 Å². The molecule has 1 unspecified atom stereocenters. The fraction of sp³-hybridized carbons (Fsp3) is 0.458. The van der Waals surface area contributed by atoms with Crippen molar-refractivity contribution in [1.29, 1.82) is 0 Å². The van der Waals surface area contributed by atoms with Gasteiger partial charge in [-0.25, -0.2) is 0 Å². The summed E-state index contributed by atoms with van der Waals surface area (Å²) in [5, 5.41) is 3.08. The summed E-state index contributed by atoms with van der Waals surface area (Å²) < 4.78 is 17.1. The molecular weight excluding hydrogens is 382 g/mol. The Kier molecular flexibility index (Phi) is 6.59. The van der Waals surface area contributed by atoms with E-state index in [-0.39, 0.29) is 11.3 Å². The summed E-state index contributed by atoms with van der Waals surface area (Å²) in [6.45, 7) is 7.06. The molecule has 1 saturated carbocycles. The van der Waals surface area contributed by atoms with Crippen molar-refractivity contribution in [2.24, 2.45) is 0 Å². The zero-order chi connectivity index (χ0) is 21.1. The summed E-state index contributed by atoms with van der Waals surface area (Å²) >= 11 is 0. The SMILES string of the molecule is COCCS(=O)Cc1cccc(NC(=O)C2(c3ccc(C(C)(C)C)cc3)CC2)c1. The Bertz CT molecular complexity index is 880. The van der Waals surface area contributed by atoms with Crippen molar-refractivity contribution in [2.75, 3.05) is 24.8 Å². The molecule has 0 spiro atoms. The monoisotopic (exact) mass is 413 g/mol. The van der Waals surface area contributed by atoms with Crippen molar-refractivity contribution in [3.05, 3.63) is 65.2 Å². The van der Waals surface area contributed by atoms with Gasteiger partial charge in [-0.1, -0.05) is 57.2 Å².